The number of thiazole rings is 1. The van der Waals surface area contributed by atoms with Gasteiger partial charge in [-0.05, 0) is 19.3 Å². The fourth-order valence-electron chi connectivity index (χ4n) is 3.08. The van der Waals surface area contributed by atoms with Crippen LogP contribution in [-0.2, 0) is 19.4 Å². The first-order valence-electron chi connectivity index (χ1n) is 8.04. The van der Waals surface area contributed by atoms with E-state index >= 15 is 0 Å². The van der Waals surface area contributed by atoms with Gasteiger partial charge in [0, 0.05) is 29.2 Å². The van der Waals surface area contributed by atoms with Gasteiger partial charge in [-0.3, -0.25) is 9.89 Å². The number of carbonyl (C=O) groups is 1. The lowest BCUT2D eigenvalue weighted by molar-refractivity contribution is 0.0776. The molecular weight excluding hydrogens is 320 g/mol. The molecule has 0 radical (unpaired) electrons. The number of aromatic nitrogens is 3. The van der Waals surface area contributed by atoms with E-state index in [-0.39, 0.29) is 5.91 Å². The van der Waals surface area contributed by atoms with Gasteiger partial charge in [-0.1, -0.05) is 30.3 Å². The Kier molecular flexibility index (Phi) is 3.90. The van der Waals surface area contributed by atoms with Gasteiger partial charge in [0.25, 0.3) is 5.91 Å². The number of carbonyl (C=O) groups excluding carboxylic acids is 1. The number of hydrogen-bond donors (Lipinski definition) is 1. The molecule has 1 amide bonds. The summed E-state index contributed by atoms with van der Waals surface area (Å²) in [5, 5.41) is 10.2. The topological polar surface area (TPSA) is 61.9 Å². The van der Waals surface area contributed by atoms with Crippen molar-refractivity contribution in [3.8, 4) is 10.6 Å². The van der Waals surface area contributed by atoms with Crippen molar-refractivity contribution < 1.29 is 4.79 Å². The van der Waals surface area contributed by atoms with Crippen LogP contribution in [0.15, 0.2) is 35.7 Å². The molecule has 3 aromatic rings. The molecule has 0 saturated carbocycles. The Labute approximate surface area is 144 Å². The lowest BCUT2D eigenvalue weighted by atomic mass is 10.2. The predicted octanol–water partition coefficient (Wildman–Crippen LogP) is 3.29. The lowest BCUT2D eigenvalue weighted by Gasteiger charge is -2.15. The zero-order valence-corrected chi connectivity index (χ0v) is 14.3. The van der Waals surface area contributed by atoms with Crippen LogP contribution in [-0.4, -0.2) is 33.0 Å². The van der Waals surface area contributed by atoms with Gasteiger partial charge in [-0.15, -0.1) is 11.3 Å². The summed E-state index contributed by atoms with van der Waals surface area (Å²) < 4.78 is 0. The van der Waals surface area contributed by atoms with Crippen molar-refractivity contribution >= 4 is 17.2 Å². The molecule has 2 aromatic heterocycles. The van der Waals surface area contributed by atoms with Crippen LogP contribution in [0.3, 0.4) is 0 Å². The summed E-state index contributed by atoms with van der Waals surface area (Å²) in [5.74, 6) is -0.0383. The van der Waals surface area contributed by atoms with Crippen LogP contribution in [0.4, 0.5) is 0 Å². The normalized spacial score (nSPS) is 13.0. The number of fused-ring (bicyclic) bond motifs is 1. The molecular formula is C18H18N4OS. The molecule has 0 aliphatic heterocycles. The van der Waals surface area contributed by atoms with E-state index < -0.39 is 0 Å². The molecule has 1 aliphatic rings. The first kappa shape index (κ1) is 15.1. The van der Waals surface area contributed by atoms with Gasteiger partial charge >= 0.3 is 0 Å². The molecule has 0 bridgehead atoms. The van der Waals surface area contributed by atoms with E-state index in [1.165, 1.54) is 0 Å². The van der Waals surface area contributed by atoms with Gasteiger partial charge in [0.15, 0.2) is 5.69 Å². The third kappa shape index (κ3) is 2.73. The molecule has 122 valence electrons. The SMILES string of the molecule is CN(Cc1csc(-c2ccccc2)n1)C(=O)c1n[nH]c2c1CCC2. The number of aryl methyl sites for hydroxylation is 1. The number of benzene rings is 1. The van der Waals surface area contributed by atoms with Crippen LogP contribution in [0, 0.1) is 0 Å². The second-order valence-electron chi connectivity index (χ2n) is 6.05. The molecule has 0 fully saturated rings. The molecule has 2 heterocycles. The maximum atomic E-state index is 12.7. The number of amides is 1. The maximum Gasteiger partial charge on any atom is 0.274 e. The van der Waals surface area contributed by atoms with Crippen molar-refractivity contribution in [1.82, 2.24) is 20.1 Å². The molecule has 0 spiro atoms. The average Bonchev–Trinajstić information content (AvgIpc) is 3.31. The number of aromatic amines is 1. The Morgan fingerprint density at radius 1 is 1.29 bits per heavy atom. The second-order valence-corrected chi connectivity index (χ2v) is 6.91. The van der Waals surface area contributed by atoms with Crippen LogP contribution >= 0.6 is 11.3 Å². The van der Waals surface area contributed by atoms with Crippen molar-refractivity contribution in [2.75, 3.05) is 7.05 Å². The zero-order valence-electron chi connectivity index (χ0n) is 13.5. The Morgan fingerprint density at radius 2 is 2.12 bits per heavy atom. The molecule has 6 heteroatoms. The zero-order chi connectivity index (χ0) is 16.5. The van der Waals surface area contributed by atoms with Crippen LogP contribution in [0.2, 0.25) is 0 Å². The molecule has 24 heavy (non-hydrogen) atoms. The van der Waals surface area contributed by atoms with Crippen LogP contribution in [0.5, 0.6) is 0 Å². The minimum absolute atomic E-state index is 0.0383. The average molecular weight is 338 g/mol. The summed E-state index contributed by atoms with van der Waals surface area (Å²) in [6.45, 7) is 0.490. The Morgan fingerprint density at radius 3 is 2.96 bits per heavy atom. The number of nitrogens with one attached hydrogen (secondary N) is 1. The molecule has 0 unspecified atom stereocenters. The molecule has 4 rings (SSSR count). The van der Waals surface area contributed by atoms with Crippen LogP contribution < -0.4 is 0 Å². The van der Waals surface area contributed by atoms with Gasteiger partial charge in [-0.2, -0.15) is 5.10 Å². The molecule has 0 atom stereocenters. The minimum Gasteiger partial charge on any atom is -0.334 e. The van der Waals surface area contributed by atoms with Gasteiger partial charge in [0.1, 0.15) is 5.01 Å². The van der Waals surface area contributed by atoms with Crippen molar-refractivity contribution in [3.05, 3.63) is 58.4 Å². The van der Waals surface area contributed by atoms with E-state index in [1.807, 2.05) is 35.7 Å². The van der Waals surface area contributed by atoms with Gasteiger partial charge in [-0.25, -0.2) is 4.98 Å². The molecule has 5 nitrogen and oxygen atoms in total. The quantitative estimate of drug-likeness (QED) is 0.794. The third-order valence-corrected chi connectivity index (χ3v) is 5.27. The maximum absolute atomic E-state index is 12.7. The summed E-state index contributed by atoms with van der Waals surface area (Å²) in [4.78, 5) is 19.0. The standard InChI is InChI=1S/C18H18N4OS/c1-22(18(23)16-14-8-5-9-15(14)20-21-16)10-13-11-24-17(19-13)12-6-3-2-4-7-12/h2-4,6-7,11H,5,8-10H2,1H3,(H,20,21). The Bertz CT molecular complexity index is 868. The third-order valence-electron chi connectivity index (χ3n) is 4.33. The highest BCUT2D eigenvalue weighted by atomic mass is 32.1. The molecule has 0 saturated heterocycles. The van der Waals surface area contributed by atoms with Gasteiger partial charge in [0.05, 0.1) is 12.2 Å². The summed E-state index contributed by atoms with van der Waals surface area (Å²) in [5.41, 5.74) is 4.79. The summed E-state index contributed by atoms with van der Waals surface area (Å²) in [7, 11) is 1.81. The highest BCUT2D eigenvalue weighted by Crippen LogP contribution is 2.25. The van der Waals surface area contributed by atoms with E-state index in [4.69, 9.17) is 0 Å². The predicted molar refractivity (Wildman–Crippen MR) is 94.0 cm³/mol. The largest absolute Gasteiger partial charge is 0.334 e. The van der Waals surface area contributed by atoms with E-state index in [9.17, 15) is 4.79 Å². The summed E-state index contributed by atoms with van der Waals surface area (Å²) in [6.07, 6.45) is 3.03. The Hall–Kier alpha value is -2.47. The Balaban J connectivity index is 1.49. The van der Waals surface area contributed by atoms with Crippen molar-refractivity contribution in [3.63, 3.8) is 0 Å². The monoisotopic (exact) mass is 338 g/mol. The molecule has 1 aromatic carbocycles. The highest BCUT2D eigenvalue weighted by Gasteiger charge is 2.25. The highest BCUT2D eigenvalue weighted by molar-refractivity contribution is 7.13. The second kappa shape index (κ2) is 6.20. The fourth-order valence-corrected chi connectivity index (χ4v) is 3.90. The van der Waals surface area contributed by atoms with E-state index in [0.29, 0.717) is 12.2 Å². The summed E-state index contributed by atoms with van der Waals surface area (Å²) in [6, 6.07) is 10.1. The van der Waals surface area contributed by atoms with E-state index in [0.717, 1.165) is 46.8 Å². The number of H-pyrrole nitrogens is 1. The number of rotatable bonds is 4. The van der Waals surface area contributed by atoms with Gasteiger partial charge in [0.2, 0.25) is 0 Å². The molecule has 1 N–H and O–H groups in total. The van der Waals surface area contributed by atoms with Crippen molar-refractivity contribution in [1.29, 1.82) is 0 Å². The van der Waals surface area contributed by atoms with Crippen molar-refractivity contribution in [2.45, 2.75) is 25.8 Å². The van der Waals surface area contributed by atoms with Crippen molar-refractivity contribution in [2.24, 2.45) is 0 Å². The number of hydrogen-bond acceptors (Lipinski definition) is 4. The van der Waals surface area contributed by atoms with Crippen LogP contribution in [0.25, 0.3) is 10.6 Å². The minimum atomic E-state index is -0.0383. The summed E-state index contributed by atoms with van der Waals surface area (Å²) >= 11 is 1.60. The van der Waals surface area contributed by atoms with E-state index in [1.54, 1.807) is 23.3 Å². The van der Waals surface area contributed by atoms with Crippen LogP contribution in [0.1, 0.15) is 33.9 Å². The lowest BCUT2D eigenvalue weighted by Crippen LogP contribution is -2.27. The first-order valence-corrected chi connectivity index (χ1v) is 8.92. The fraction of sp³-hybridized carbons (Fsp3) is 0.278. The smallest absolute Gasteiger partial charge is 0.274 e. The van der Waals surface area contributed by atoms with E-state index in [2.05, 4.69) is 15.2 Å². The first-order chi connectivity index (χ1) is 11.7. The van der Waals surface area contributed by atoms with Gasteiger partial charge < -0.3 is 4.90 Å². The molecule has 1 aliphatic carbocycles. The number of nitrogens with zero attached hydrogens (tertiary/aromatic N) is 3.